The second-order valence-electron chi connectivity index (χ2n) is 5.86. The first-order valence-corrected chi connectivity index (χ1v) is 7.13. The Kier molecular flexibility index (Phi) is 3.27. The number of carbonyl (C=O) groups is 3. The van der Waals surface area contributed by atoms with Crippen molar-refractivity contribution in [3.05, 3.63) is 34.8 Å². The predicted octanol–water partition coefficient (Wildman–Crippen LogP) is 1.11. The van der Waals surface area contributed by atoms with E-state index in [2.05, 4.69) is 5.32 Å². The molecule has 0 radical (unpaired) electrons. The maximum atomic E-state index is 12.9. The van der Waals surface area contributed by atoms with Gasteiger partial charge in [0.25, 0.3) is 0 Å². The van der Waals surface area contributed by atoms with Crippen LogP contribution in [0.25, 0.3) is 0 Å². The van der Waals surface area contributed by atoms with Gasteiger partial charge in [0.15, 0.2) is 17.3 Å². The Bertz CT molecular complexity index is 929. The summed E-state index contributed by atoms with van der Waals surface area (Å²) in [7, 11) is 0. The summed E-state index contributed by atoms with van der Waals surface area (Å²) >= 11 is 0. The van der Waals surface area contributed by atoms with Gasteiger partial charge >= 0.3 is 6.03 Å². The second-order valence-corrected chi connectivity index (χ2v) is 5.86. The highest BCUT2D eigenvalue weighted by molar-refractivity contribution is 6.25. The summed E-state index contributed by atoms with van der Waals surface area (Å²) in [6.45, 7) is 2.52. The minimum atomic E-state index is -1.62. The van der Waals surface area contributed by atoms with Crippen molar-refractivity contribution in [2.24, 2.45) is 5.73 Å². The minimum absolute atomic E-state index is 0.0587. The Hall–Kier alpha value is -3.49. The average molecular weight is 346 g/mol. The lowest BCUT2D eigenvalue weighted by Crippen LogP contribution is -2.38. The van der Waals surface area contributed by atoms with E-state index in [1.165, 1.54) is 6.92 Å². The van der Waals surface area contributed by atoms with E-state index in [1.54, 1.807) is 0 Å². The Morgan fingerprint density at radius 2 is 1.88 bits per heavy atom. The van der Waals surface area contributed by atoms with Gasteiger partial charge in [0, 0.05) is 12.1 Å². The monoisotopic (exact) mass is 346 g/mol. The number of ether oxygens (including phenoxy) is 1. The smallest absolute Gasteiger partial charge is 0.316 e. The maximum absolute atomic E-state index is 12.9. The third kappa shape index (κ3) is 2.05. The molecule has 3 rings (SSSR count). The lowest BCUT2D eigenvalue weighted by Gasteiger charge is -2.27. The van der Waals surface area contributed by atoms with Gasteiger partial charge in [-0.15, -0.1) is 0 Å². The van der Waals surface area contributed by atoms with Gasteiger partial charge in [0.05, 0.1) is 5.56 Å². The van der Waals surface area contributed by atoms with Gasteiger partial charge in [0.1, 0.15) is 39.7 Å². The van der Waals surface area contributed by atoms with Crippen LogP contribution >= 0.6 is 0 Å². The molecule has 2 aliphatic rings. The van der Waals surface area contributed by atoms with Crippen molar-refractivity contribution in [1.82, 2.24) is 0 Å². The number of anilines is 1. The van der Waals surface area contributed by atoms with Crippen LogP contribution in [0.3, 0.4) is 0 Å². The molecule has 1 aliphatic heterocycles. The van der Waals surface area contributed by atoms with Crippen molar-refractivity contribution in [3.8, 4) is 17.2 Å². The van der Waals surface area contributed by atoms with E-state index in [0.717, 1.165) is 19.1 Å². The Balaban J connectivity index is 2.31. The Labute approximate surface area is 141 Å². The number of carbonyl (C=O) groups excluding carboxylic acids is 3. The zero-order chi connectivity index (χ0) is 18.7. The highest BCUT2D eigenvalue weighted by atomic mass is 16.5. The van der Waals surface area contributed by atoms with Crippen molar-refractivity contribution >= 4 is 23.3 Å². The first-order valence-electron chi connectivity index (χ1n) is 7.13. The number of nitrogens with one attached hydrogen (secondary N) is 1. The molecule has 2 amide bonds. The van der Waals surface area contributed by atoms with Crippen LogP contribution in [0, 0.1) is 0 Å². The number of allylic oxidation sites excluding steroid dienone is 3. The third-order valence-electron chi connectivity index (χ3n) is 4.25. The molecule has 1 atom stereocenters. The Morgan fingerprint density at radius 1 is 1.24 bits per heavy atom. The lowest BCUT2D eigenvalue weighted by molar-refractivity contribution is -0.123. The van der Waals surface area contributed by atoms with Gasteiger partial charge < -0.3 is 31.1 Å². The van der Waals surface area contributed by atoms with Crippen molar-refractivity contribution in [2.45, 2.75) is 19.3 Å². The number of aromatic hydroxyl groups is 2. The van der Waals surface area contributed by atoms with E-state index in [1.807, 2.05) is 0 Å². The number of aliphatic hydroxyl groups excluding tert-OH is 1. The highest BCUT2D eigenvalue weighted by Gasteiger charge is 2.55. The SMILES string of the molecule is CC(=O)C1=C(O)C=C2Oc3c(NC(N)=O)c(O)cc(O)c3C2(C)C1=O. The van der Waals surface area contributed by atoms with Gasteiger partial charge in [-0.2, -0.15) is 0 Å². The normalized spacial score (nSPS) is 21.2. The van der Waals surface area contributed by atoms with E-state index in [9.17, 15) is 29.7 Å². The highest BCUT2D eigenvalue weighted by Crippen LogP contribution is 2.57. The number of nitrogens with two attached hydrogens (primary N) is 1. The fourth-order valence-electron chi connectivity index (χ4n) is 3.10. The largest absolute Gasteiger partial charge is 0.507 e. The molecule has 1 aromatic rings. The molecule has 9 heteroatoms. The van der Waals surface area contributed by atoms with E-state index in [-0.39, 0.29) is 22.8 Å². The van der Waals surface area contributed by atoms with Gasteiger partial charge in [-0.1, -0.05) is 0 Å². The van der Waals surface area contributed by atoms with E-state index in [4.69, 9.17) is 10.5 Å². The van der Waals surface area contributed by atoms with Crippen molar-refractivity contribution < 1.29 is 34.4 Å². The summed E-state index contributed by atoms with van der Waals surface area (Å²) in [6, 6.07) is -0.0851. The zero-order valence-corrected chi connectivity index (χ0v) is 13.2. The van der Waals surface area contributed by atoms with Crippen LogP contribution in [0.15, 0.2) is 29.2 Å². The van der Waals surface area contributed by atoms with Crippen LogP contribution in [-0.4, -0.2) is 32.9 Å². The van der Waals surface area contributed by atoms with Crippen molar-refractivity contribution in [2.75, 3.05) is 5.32 Å². The standard InChI is InChI=1S/C16H14N2O7/c1-5(19)10-6(20)4-9-16(2,14(10)23)11-7(21)3-8(22)12(13(11)25-9)18-15(17)24/h3-4,20-22H,1-2H3,(H3,17,18,24). The number of benzene rings is 1. The molecule has 0 spiro atoms. The molecule has 130 valence electrons. The number of ketones is 2. The number of hydrogen-bond donors (Lipinski definition) is 5. The number of hydrogen-bond acceptors (Lipinski definition) is 7. The average Bonchev–Trinajstić information content (AvgIpc) is 2.77. The quantitative estimate of drug-likeness (QED) is 0.304. The number of aliphatic hydroxyl groups is 1. The molecule has 1 unspecified atom stereocenters. The molecule has 1 aromatic carbocycles. The first-order chi connectivity index (χ1) is 11.6. The number of fused-ring (bicyclic) bond motifs is 3. The van der Waals surface area contributed by atoms with Crippen LogP contribution in [0.4, 0.5) is 10.5 Å². The second kappa shape index (κ2) is 5.00. The van der Waals surface area contributed by atoms with Gasteiger partial charge in [0.2, 0.25) is 0 Å². The zero-order valence-electron chi connectivity index (χ0n) is 13.2. The van der Waals surface area contributed by atoms with Gasteiger partial charge in [-0.3, -0.25) is 9.59 Å². The molecule has 25 heavy (non-hydrogen) atoms. The van der Waals surface area contributed by atoms with E-state index < -0.39 is 45.8 Å². The van der Waals surface area contributed by atoms with Crippen LogP contribution in [0.5, 0.6) is 17.2 Å². The molecular weight excluding hydrogens is 332 g/mol. The molecule has 9 nitrogen and oxygen atoms in total. The first kappa shape index (κ1) is 16.4. The molecule has 1 aliphatic carbocycles. The van der Waals surface area contributed by atoms with E-state index >= 15 is 0 Å². The molecule has 6 N–H and O–H groups in total. The number of urea groups is 1. The van der Waals surface area contributed by atoms with Crippen LogP contribution in [0.2, 0.25) is 0 Å². The Morgan fingerprint density at radius 3 is 2.44 bits per heavy atom. The number of primary amides is 1. The minimum Gasteiger partial charge on any atom is -0.507 e. The summed E-state index contributed by atoms with van der Waals surface area (Å²) in [5.41, 5.74) is 2.71. The number of Topliss-reactive ketones (excluding diaryl/α,β-unsaturated/α-hetero) is 2. The van der Waals surface area contributed by atoms with Crippen molar-refractivity contribution in [3.63, 3.8) is 0 Å². The van der Waals surface area contributed by atoms with Crippen molar-refractivity contribution in [1.29, 1.82) is 0 Å². The molecule has 0 fully saturated rings. The van der Waals surface area contributed by atoms with Gasteiger partial charge in [-0.05, 0) is 13.8 Å². The summed E-state index contributed by atoms with van der Waals surface area (Å²) in [5.74, 6) is -3.27. The van der Waals surface area contributed by atoms with E-state index in [0.29, 0.717) is 0 Å². The fourth-order valence-corrected chi connectivity index (χ4v) is 3.10. The van der Waals surface area contributed by atoms with Crippen LogP contribution < -0.4 is 15.8 Å². The summed E-state index contributed by atoms with van der Waals surface area (Å²) in [6.07, 6.45) is 1.09. The molecule has 0 saturated carbocycles. The number of rotatable bonds is 2. The van der Waals surface area contributed by atoms with Crippen LogP contribution in [-0.2, 0) is 15.0 Å². The molecular formula is C16H14N2O7. The summed E-state index contributed by atoms with van der Waals surface area (Å²) < 4.78 is 5.52. The topological polar surface area (TPSA) is 159 Å². The summed E-state index contributed by atoms with van der Waals surface area (Å²) in [5, 5.41) is 32.3. The van der Waals surface area contributed by atoms with Gasteiger partial charge in [-0.25, -0.2) is 4.79 Å². The third-order valence-corrected chi connectivity index (χ3v) is 4.25. The summed E-state index contributed by atoms with van der Waals surface area (Å²) in [4.78, 5) is 35.8. The van der Waals surface area contributed by atoms with Crippen LogP contribution in [0.1, 0.15) is 19.4 Å². The maximum Gasteiger partial charge on any atom is 0.316 e. The predicted molar refractivity (Wildman–Crippen MR) is 84.4 cm³/mol. The molecule has 1 heterocycles. The molecule has 0 aromatic heterocycles. The lowest BCUT2D eigenvalue weighted by atomic mass is 9.71. The molecule has 0 saturated heterocycles. The number of phenolic OH excluding ortho intramolecular Hbond substituents is 2. The molecule has 0 bridgehead atoms. The number of phenols is 2. The fraction of sp³-hybridized carbons (Fsp3) is 0.188. The number of amides is 2.